The minimum atomic E-state index is 0.345. The summed E-state index contributed by atoms with van der Waals surface area (Å²) < 4.78 is 1.70. The van der Waals surface area contributed by atoms with Gasteiger partial charge in [0.1, 0.15) is 5.15 Å². The van der Waals surface area contributed by atoms with Gasteiger partial charge in [-0.15, -0.1) is 0 Å². The molecule has 6 nitrogen and oxygen atoms in total. The summed E-state index contributed by atoms with van der Waals surface area (Å²) in [5.41, 5.74) is 2.53. The Kier molecular flexibility index (Phi) is 3.15. The van der Waals surface area contributed by atoms with Crippen LogP contribution in [0.1, 0.15) is 5.56 Å². The van der Waals surface area contributed by atoms with Gasteiger partial charge in [0.05, 0.1) is 11.9 Å². The fourth-order valence-corrected chi connectivity index (χ4v) is 1.91. The molecule has 20 heavy (non-hydrogen) atoms. The third-order valence-corrected chi connectivity index (χ3v) is 2.87. The molecule has 0 spiro atoms. The topological polar surface area (TPSA) is 69.4 Å². The van der Waals surface area contributed by atoms with E-state index in [1.165, 1.54) is 0 Å². The predicted molar refractivity (Wildman–Crippen MR) is 75.0 cm³/mol. The van der Waals surface area contributed by atoms with Crippen molar-refractivity contribution in [2.75, 3.05) is 0 Å². The fourth-order valence-electron chi connectivity index (χ4n) is 1.73. The van der Waals surface area contributed by atoms with Gasteiger partial charge in [0.15, 0.2) is 11.6 Å². The quantitative estimate of drug-likeness (QED) is 0.676. The Labute approximate surface area is 120 Å². The van der Waals surface area contributed by atoms with Crippen LogP contribution in [0, 0.1) is 6.92 Å². The first-order valence-electron chi connectivity index (χ1n) is 5.94. The second-order valence-electron chi connectivity index (χ2n) is 4.39. The summed E-state index contributed by atoms with van der Waals surface area (Å²) in [7, 11) is 1.84. The van der Waals surface area contributed by atoms with Crippen molar-refractivity contribution in [1.82, 2.24) is 29.7 Å². The fraction of sp³-hybridized carbons (Fsp3) is 0.154. The van der Waals surface area contributed by atoms with Gasteiger partial charge in [-0.05, 0) is 12.5 Å². The second-order valence-corrected chi connectivity index (χ2v) is 4.77. The maximum Gasteiger partial charge on any atom is 0.199 e. The lowest BCUT2D eigenvalue weighted by Crippen LogP contribution is -1.97. The molecule has 3 aromatic heterocycles. The molecule has 0 bridgehead atoms. The molecule has 0 aliphatic carbocycles. The first-order chi connectivity index (χ1) is 9.61. The standard InChI is InChI=1S/C13H11ClN6/c1-8-4-15-12(16-5-8)13-18-10(3-11(14)19-13)9-6-17-20(2)7-9/h3-7H,1-2H3. The number of rotatable bonds is 2. The SMILES string of the molecule is Cc1cnc(-c2nc(Cl)cc(-c3cnn(C)c3)n2)nc1. The Bertz CT molecular complexity index is 750. The molecule has 0 aromatic carbocycles. The molecule has 7 heteroatoms. The maximum atomic E-state index is 6.05. The second kappa shape index (κ2) is 4.97. The van der Waals surface area contributed by atoms with E-state index < -0.39 is 0 Å². The van der Waals surface area contributed by atoms with E-state index in [1.54, 1.807) is 29.3 Å². The van der Waals surface area contributed by atoms with E-state index in [9.17, 15) is 0 Å². The molecule has 0 unspecified atom stereocenters. The average molecular weight is 287 g/mol. The Morgan fingerprint density at radius 1 is 1.05 bits per heavy atom. The molecule has 0 saturated heterocycles. The minimum Gasteiger partial charge on any atom is -0.275 e. The smallest absolute Gasteiger partial charge is 0.199 e. The van der Waals surface area contributed by atoms with E-state index >= 15 is 0 Å². The third-order valence-electron chi connectivity index (χ3n) is 2.68. The molecule has 0 N–H and O–H groups in total. The Morgan fingerprint density at radius 3 is 2.45 bits per heavy atom. The van der Waals surface area contributed by atoms with E-state index in [0.29, 0.717) is 22.5 Å². The molecule has 0 radical (unpaired) electrons. The number of aromatic nitrogens is 6. The number of hydrogen-bond donors (Lipinski definition) is 0. The third kappa shape index (κ3) is 2.50. The number of hydrogen-bond acceptors (Lipinski definition) is 5. The molecule has 0 amide bonds. The molecule has 3 rings (SSSR count). The van der Waals surface area contributed by atoms with Gasteiger partial charge in [-0.1, -0.05) is 11.6 Å². The summed E-state index contributed by atoms with van der Waals surface area (Å²) in [6.07, 6.45) is 7.02. The van der Waals surface area contributed by atoms with Crippen molar-refractivity contribution in [2.45, 2.75) is 6.92 Å². The van der Waals surface area contributed by atoms with Crippen LogP contribution in [0.25, 0.3) is 22.9 Å². The largest absolute Gasteiger partial charge is 0.275 e. The van der Waals surface area contributed by atoms with E-state index in [1.807, 2.05) is 20.2 Å². The first-order valence-corrected chi connectivity index (χ1v) is 6.32. The van der Waals surface area contributed by atoms with Crippen molar-refractivity contribution in [2.24, 2.45) is 7.05 Å². The minimum absolute atomic E-state index is 0.345. The van der Waals surface area contributed by atoms with Crippen LogP contribution in [0.2, 0.25) is 5.15 Å². The number of halogens is 1. The van der Waals surface area contributed by atoms with Crippen LogP contribution in [0.15, 0.2) is 30.9 Å². The van der Waals surface area contributed by atoms with Gasteiger partial charge in [-0.3, -0.25) is 4.68 Å². The lowest BCUT2D eigenvalue weighted by atomic mass is 10.2. The van der Waals surface area contributed by atoms with Crippen LogP contribution in [-0.2, 0) is 7.05 Å². The van der Waals surface area contributed by atoms with Gasteiger partial charge in [-0.2, -0.15) is 5.10 Å². The van der Waals surface area contributed by atoms with Crippen LogP contribution >= 0.6 is 11.6 Å². The molecular formula is C13H11ClN6. The molecule has 3 heterocycles. The lowest BCUT2D eigenvalue weighted by Gasteiger charge is -2.02. The zero-order chi connectivity index (χ0) is 14.1. The van der Waals surface area contributed by atoms with Gasteiger partial charge in [0.25, 0.3) is 0 Å². The van der Waals surface area contributed by atoms with Crippen LogP contribution in [-0.4, -0.2) is 29.7 Å². The van der Waals surface area contributed by atoms with Crippen molar-refractivity contribution in [1.29, 1.82) is 0 Å². The van der Waals surface area contributed by atoms with Crippen molar-refractivity contribution in [3.63, 3.8) is 0 Å². The first kappa shape index (κ1) is 12.7. The Morgan fingerprint density at radius 2 is 1.80 bits per heavy atom. The highest BCUT2D eigenvalue weighted by Crippen LogP contribution is 2.22. The summed E-state index contributed by atoms with van der Waals surface area (Å²) in [5.74, 6) is 0.847. The summed E-state index contributed by atoms with van der Waals surface area (Å²) in [6.45, 7) is 1.92. The molecule has 100 valence electrons. The monoisotopic (exact) mass is 286 g/mol. The molecule has 0 saturated carbocycles. The van der Waals surface area contributed by atoms with E-state index in [2.05, 4.69) is 25.0 Å². The van der Waals surface area contributed by atoms with Gasteiger partial charge in [0.2, 0.25) is 0 Å². The van der Waals surface area contributed by atoms with E-state index in [4.69, 9.17) is 11.6 Å². The summed E-state index contributed by atoms with van der Waals surface area (Å²) in [6, 6.07) is 1.69. The zero-order valence-electron chi connectivity index (χ0n) is 10.9. The van der Waals surface area contributed by atoms with Gasteiger partial charge >= 0.3 is 0 Å². The lowest BCUT2D eigenvalue weighted by molar-refractivity contribution is 0.768. The molecule has 0 fully saturated rings. The van der Waals surface area contributed by atoms with Crippen LogP contribution in [0.4, 0.5) is 0 Å². The van der Waals surface area contributed by atoms with E-state index in [-0.39, 0.29) is 0 Å². The van der Waals surface area contributed by atoms with Crippen LogP contribution in [0.3, 0.4) is 0 Å². The highest BCUT2D eigenvalue weighted by molar-refractivity contribution is 6.29. The summed E-state index contributed by atoms with van der Waals surface area (Å²) >= 11 is 6.05. The number of nitrogens with zero attached hydrogens (tertiary/aromatic N) is 6. The molecule has 3 aromatic rings. The van der Waals surface area contributed by atoms with Gasteiger partial charge < -0.3 is 0 Å². The molecule has 0 aliphatic heterocycles. The summed E-state index contributed by atoms with van der Waals surface area (Å²) in [4.78, 5) is 17.0. The van der Waals surface area contributed by atoms with E-state index in [0.717, 1.165) is 11.1 Å². The van der Waals surface area contributed by atoms with Crippen LogP contribution in [0.5, 0.6) is 0 Å². The van der Waals surface area contributed by atoms with Crippen molar-refractivity contribution >= 4 is 11.6 Å². The van der Waals surface area contributed by atoms with Gasteiger partial charge in [-0.25, -0.2) is 19.9 Å². The van der Waals surface area contributed by atoms with Gasteiger partial charge in [0, 0.05) is 37.3 Å². The van der Waals surface area contributed by atoms with Crippen molar-refractivity contribution in [3.05, 3.63) is 41.6 Å². The zero-order valence-corrected chi connectivity index (χ0v) is 11.7. The molecule has 0 aliphatic rings. The Hall–Kier alpha value is -2.34. The highest BCUT2D eigenvalue weighted by Gasteiger charge is 2.10. The van der Waals surface area contributed by atoms with Crippen LogP contribution < -0.4 is 0 Å². The molecular weight excluding hydrogens is 276 g/mol. The van der Waals surface area contributed by atoms with Crippen molar-refractivity contribution < 1.29 is 0 Å². The predicted octanol–water partition coefficient (Wildman–Crippen LogP) is 2.30. The van der Waals surface area contributed by atoms with Crippen molar-refractivity contribution in [3.8, 4) is 22.9 Å². The average Bonchev–Trinajstić information content (AvgIpc) is 2.85. The summed E-state index contributed by atoms with van der Waals surface area (Å²) in [5, 5.41) is 4.46. The highest BCUT2D eigenvalue weighted by atomic mass is 35.5. The maximum absolute atomic E-state index is 6.05. The Balaban J connectivity index is 2.09. The number of aryl methyl sites for hydroxylation is 2. The normalized spacial score (nSPS) is 10.8. The molecule has 0 atom stereocenters.